The number of rotatable bonds is 3. The zero-order chi connectivity index (χ0) is 18.3. The van der Waals surface area contributed by atoms with Crippen molar-refractivity contribution in [3.8, 4) is 0 Å². The molecule has 0 bridgehead atoms. The first-order valence-corrected chi connectivity index (χ1v) is 8.82. The predicted molar refractivity (Wildman–Crippen MR) is 94.7 cm³/mol. The smallest absolute Gasteiger partial charge is 0.351 e. The van der Waals surface area contributed by atoms with Crippen molar-refractivity contribution in [1.29, 1.82) is 0 Å². The molecule has 26 heavy (non-hydrogen) atoms. The Hall–Kier alpha value is -2.51. The fraction of sp³-hybridized carbons (Fsp3) is 0.421. The number of amides is 1. The predicted octanol–water partition coefficient (Wildman–Crippen LogP) is 1.80. The minimum Gasteiger partial charge on any atom is -0.393 e. The number of benzene rings is 1. The monoisotopic (exact) mass is 355 g/mol. The number of hydrogen-bond donors (Lipinski definition) is 2. The van der Waals surface area contributed by atoms with Gasteiger partial charge in [0.25, 0.3) is 5.91 Å². The second-order valence-corrected chi connectivity index (χ2v) is 7.06. The third-order valence-corrected chi connectivity index (χ3v) is 5.30. The van der Waals surface area contributed by atoms with Gasteiger partial charge in [-0.1, -0.05) is 25.1 Å². The molecule has 136 valence electrons. The molecule has 1 aliphatic carbocycles. The van der Waals surface area contributed by atoms with Crippen molar-refractivity contribution in [2.24, 2.45) is 11.8 Å². The molecule has 7 nitrogen and oxygen atoms in total. The molecule has 2 aliphatic rings. The van der Waals surface area contributed by atoms with Gasteiger partial charge in [-0.15, -0.1) is 0 Å². The molecule has 2 heterocycles. The summed E-state index contributed by atoms with van der Waals surface area (Å²) in [4.78, 5) is 28.5. The summed E-state index contributed by atoms with van der Waals surface area (Å²) in [7, 11) is 0. The highest BCUT2D eigenvalue weighted by Crippen LogP contribution is 2.45. The lowest BCUT2D eigenvalue weighted by atomic mass is 10.0. The van der Waals surface area contributed by atoms with Crippen LogP contribution in [-0.2, 0) is 4.74 Å². The first-order chi connectivity index (χ1) is 12.5. The normalized spacial score (nSPS) is 30.2. The van der Waals surface area contributed by atoms with Gasteiger partial charge in [-0.2, -0.15) is 4.98 Å². The number of aliphatic hydroxyl groups excluding tert-OH is 1. The van der Waals surface area contributed by atoms with Crippen molar-refractivity contribution in [1.82, 2.24) is 9.55 Å². The van der Waals surface area contributed by atoms with E-state index < -0.39 is 11.9 Å². The van der Waals surface area contributed by atoms with Crippen LogP contribution in [-0.4, -0.2) is 32.8 Å². The van der Waals surface area contributed by atoms with Crippen LogP contribution in [0.25, 0.3) is 0 Å². The third-order valence-electron chi connectivity index (χ3n) is 5.30. The second-order valence-electron chi connectivity index (χ2n) is 7.06. The van der Waals surface area contributed by atoms with Crippen molar-refractivity contribution in [3.05, 3.63) is 58.6 Å². The number of anilines is 1. The molecule has 0 spiro atoms. The van der Waals surface area contributed by atoms with Crippen LogP contribution in [0.4, 0.5) is 5.82 Å². The SMILES string of the molecule is C[C@@H]1C[C@@H](O)[C@@H]2C[C@H](n3ccc(NC(=O)c4ccccc4)nc3=O)O[C@@H]21. The van der Waals surface area contributed by atoms with E-state index in [1.54, 1.807) is 36.5 Å². The summed E-state index contributed by atoms with van der Waals surface area (Å²) < 4.78 is 7.43. The molecule has 4 rings (SSSR count). The van der Waals surface area contributed by atoms with Crippen molar-refractivity contribution in [2.75, 3.05) is 5.32 Å². The second kappa shape index (κ2) is 6.66. The lowest BCUT2D eigenvalue weighted by Crippen LogP contribution is -2.29. The van der Waals surface area contributed by atoms with Gasteiger partial charge in [0.2, 0.25) is 0 Å². The summed E-state index contributed by atoms with van der Waals surface area (Å²) in [5.41, 5.74) is 0.0105. The molecule has 2 N–H and O–H groups in total. The summed E-state index contributed by atoms with van der Waals surface area (Å²) in [5, 5.41) is 12.8. The number of carbonyl (C=O) groups is 1. The van der Waals surface area contributed by atoms with Gasteiger partial charge in [0, 0.05) is 24.1 Å². The van der Waals surface area contributed by atoms with Gasteiger partial charge >= 0.3 is 5.69 Å². The number of fused-ring (bicyclic) bond motifs is 1. The van der Waals surface area contributed by atoms with Crippen molar-refractivity contribution < 1.29 is 14.6 Å². The summed E-state index contributed by atoms with van der Waals surface area (Å²) in [6, 6.07) is 10.3. The third kappa shape index (κ3) is 3.04. The van der Waals surface area contributed by atoms with Gasteiger partial charge in [0.1, 0.15) is 12.0 Å². The van der Waals surface area contributed by atoms with Gasteiger partial charge in [-0.25, -0.2) is 4.79 Å². The van der Waals surface area contributed by atoms with Gasteiger partial charge in [0.05, 0.1) is 12.2 Å². The summed E-state index contributed by atoms with van der Waals surface area (Å²) in [6.07, 6.45) is 2.07. The zero-order valence-electron chi connectivity index (χ0n) is 14.4. The van der Waals surface area contributed by atoms with E-state index in [0.717, 1.165) is 6.42 Å². The van der Waals surface area contributed by atoms with Crippen molar-refractivity contribution in [2.45, 2.75) is 38.2 Å². The lowest BCUT2D eigenvalue weighted by Gasteiger charge is -2.18. The first kappa shape index (κ1) is 16.9. The molecule has 2 fully saturated rings. The average molecular weight is 355 g/mol. The van der Waals surface area contributed by atoms with E-state index in [1.807, 2.05) is 6.07 Å². The summed E-state index contributed by atoms with van der Waals surface area (Å²) in [5.74, 6) is 0.206. The van der Waals surface area contributed by atoms with Crippen LogP contribution in [0.3, 0.4) is 0 Å². The van der Waals surface area contributed by atoms with Gasteiger partial charge in [-0.05, 0) is 30.5 Å². The summed E-state index contributed by atoms with van der Waals surface area (Å²) >= 11 is 0. The lowest BCUT2D eigenvalue weighted by molar-refractivity contribution is -0.0219. The maximum Gasteiger partial charge on any atom is 0.351 e. The number of nitrogens with one attached hydrogen (secondary N) is 1. The van der Waals surface area contributed by atoms with Crippen LogP contribution in [0.5, 0.6) is 0 Å². The maximum atomic E-state index is 12.4. The highest BCUT2D eigenvalue weighted by Gasteiger charge is 2.48. The van der Waals surface area contributed by atoms with Crippen LogP contribution in [0, 0.1) is 11.8 Å². The molecular weight excluding hydrogens is 334 g/mol. The van der Waals surface area contributed by atoms with Crippen LogP contribution < -0.4 is 11.0 Å². The van der Waals surface area contributed by atoms with E-state index in [2.05, 4.69) is 17.2 Å². The van der Waals surface area contributed by atoms with Crippen molar-refractivity contribution >= 4 is 11.7 Å². The Labute approximate surface area is 150 Å². The highest BCUT2D eigenvalue weighted by atomic mass is 16.5. The Morgan fingerprint density at radius 2 is 2.04 bits per heavy atom. The fourth-order valence-corrected chi connectivity index (χ4v) is 3.99. The molecule has 1 aliphatic heterocycles. The number of hydrogen-bond acceptors (Lipinski definition) is 5. The Morgan fingerprint density at radius 3 is 2.73 bits per heavy atom. The Balaban J connectivity index is 1.49. The van der Waals surface area contributed by atoms with Gasteiger partial charge < -0.3 is 15.2 Å². The first-order valence-electron chi connectivity index (χ1n) is 8.82. The van der Waals surface area contributed by atoms with E-state index in [1.165, 1.54) is 4.57 Å². The van der Waals surface area contributed by atoms with Gasteiger partial charge in [-0.3, -0.25) is 9.36 Å². The van der Waals surface area contributed by atoms with Crippen LogP contribution in [0.15, 0.2) is 47.4 Å². The molecular formula is C19H21N3O4. The quantitative estimate of drug-likeness (QED) is 0.876. The van der Waals surface area contributed by atoms with E-state index in [-0.39, 0.29) is 35.8 Å². The molecule has 1 amide bonds. The van der Waals surface area contributed by atoms with Crippen LogP contribution in [0.2, 0.25) is 0 Å². The van der Waals surface area contributed by atoms with E-state index in [4.69, 9.17) is 4.74 Å². The van der Waals surface area contributed by atoms with Crippen LogP contribution >= 0.6 is 0 Å². The highest BCUT2D eigenvalue weighted by molar-refractivity contribution is 6.03. The van der Waals surface area contributed by atoms with E-state index in [0.29, 0.717) is 12.0 Å². The molecule has 1 aromatic carbocycles. The number of aromatic nitrogens is 2. The largest absolute Gasteiger partial charge is 0.393 e. The molecule has 2 aromatic rings. The number of carbonyl (C=O) groups excluding carboxylic acids is 1. The molecule has 7 heteroatoms. The number of aliphatic hydroxyl groups is 1. The van der Waals surface area contributed by atoms with E-state index in [9.17, 15) is 14.7 Å². The Bertz CT molecular complexity index is 851. The summed E-state index contributed by atoms with van der Waals surface area (Å²) in [6.45, 7) is 2.06. The Kier molecular flexibility index (Phi) is 4.34. The average Bonchev–Trinajstić information content (AvgIpc) is 3.17. The minimum absolute atomic E-state index is 0.0284. The standard InChI is InChI=1S/C19H21N3O4/c1-11-9-14(23)13-10-16(26-17(11)13)22-8-7-15(21-19(22)25)20-18(24)12-5-3-2-4-6-12/h2-8,11,13-14,16-17,23H,9-10H2,1H3,(H,20,21,24,25)/t11-,13+,14-,16-,17-/m1/s1. The fourth-order valence-electron chi connectivity index (χ4n) is 3.99. The molecule has 1 saturated heterocycles. The number of nitrogens with zero attached hydrogens (tertiary/aromatic N) is 2. The van der Waals surface area contributed by atoms with Gasteiger partial charge in [0.15, 0.2) is 0 Å². The van der Waals surface area contributed by atoms with Crippen molar-refractivity contribution in [3.63, 3.8) is 0 Å². The Morgan fingerprint density at radius 1 is 1.27 bits per heavy atom. The molecule has 0 unspecified atom stereocenters. The molecule has 0 radical (unpaired) electrons. The molecule has 5 atom stereocenters. The molecule has 1 saturated carbocycles. The molecule has 1 aromatic heterocycles. The zero-order valence-corrected chi connectivity index (χ0v) is 14.4. The van der Waals surface area contributed by atoms with E-state index >= 15 is 0 Å². The number of ether oxygens (including phenoxy) is 1. The topological polar surface area (TPSA) is 93.5 Å². The van der Waals surface area contributed by atoms with Crippen LogP contribution in [0.1, 0.15) is 36.4 Å². The minimum atomic E-state index is -0.483. The maximum absolute atomic E-state index is 12.4.